The lowest BCUT2D eigenvalue weighted by Crippen LogP contribution is -2.48. The van der Waals surface area contributed by atoms with Gasteiger partial charge < -0.3 is 24.6 Å². The number of rotatable bonds is 5. The first-order valence-corrected chi connectivity index (χ1v) is 9.77. The number of likely N-dealkylation sites (N-methyl/N-ethyl adjacent to an activating group) is 1. The van der Waals surface area contributed by atoms with E-state index in [1.54, 1.807) is 16.6 Å². The summed E-state index contributed by atoms with van der Waals surface area (Å²) in [6, 6.07) is 0. The molecule has 1 amide bonds. The second-order valence-electron chi connectivity index (χ2n) is 7.89. The van der Waals surface area contributed by atoms with Crippen molar-refractivity contribution in [3.8, 4) is 0 Å². The standard InChI is InChI=1S/C19H34N6O3.HI/c1-7-20-17(21-8-9-23(5)18(26)28-19(2,3)4)25-10-11-27-16(14-25)15-12-22-24(6)13-15;/h12-13,16H,7-11,14H2,1-6H3,(H,20,21);1H. The molecule has 0 radical (unpaired) electrons. The van der Waals surface area contributed by atoms with Crippen LogP contribution in [0.5, 0.6) is 0 Å². The highest BCUT2D eigenvalue weighted by atomic mass is 127. The molecule has 10 heteroatoms. The van der Waals surface area contributed by atoms with E-state index in [9.17, 15) is 4.79 Å². The Morgan fingerprint density at radius 3 is 2.79 bits per heavy atom. The lowest BCUT2D eigenvalue weighted by atomic mass is 10.1. The van der Waals surface area contributed by atoms with Crippen molar-refractivity contribution in [1.29, 1.82) is 0 Å². The van der Waals surface area contributed by atoms with Gasteiger partial charge in [0.25, 0.3) is 0 Å². The van der Waals surface area contributed by atoms with Crippen LogP contribution in [0.15, 0.2) is 17.4 Å². The van der Waals surface area contributed by atoms with Crippen molar-refractivity contribution in [3.63, 3.8) is 0 Å². The monoisotopic (exact) mass is 522 g/mol. The highest BCUT2D eigenvalue weighted by Crippen LogP contribution is 2.21. The van der Waals surface area contributed by atoms with Gasteiger partial charge in [-0.3, -0.25) is 9.67 Å². The van der Waals surface area contributed by atoms with Gasteiger partial charge in [0.2, 0.25) is 0 Å². The van der Waals surface area contributed by atoms with Gasteiger partial charge in [-0.05, 0) is 27.7 Å². The smallest absolute Gasteiger partial charge is 0.410 e. The minimum atomic E-state index is -0.501. The quantitative estimate of drug-likeness (QED) is 0.363. The van der Waals surface area contributed by atoms with Gasteiger partial charge in [-0.1, -0.05) is 0 Å². The summed E-state index contributed by atoms with van der Waals surface area (Å²) in [6.07, 6.45) is 3.45. The van der Waals surface area contributed by atoms with Crippen LogP contribution in [0.3, 0.4) is 0 Å². The normalized spacial score (nSPS) is 17.5. The molecule has 1 saturated heterocycles. The minimum Gasteiger partial charge on any atom is -0.444 e. The minimum absolute atomic E-state index is 0. The van der Waals surface area contributed by atoms with Crippen molar-refractivity contribution in [2.75, 3.05) is 46.4 Å². The number of aromatic nitrogens is 2. The van der Waals surface area contributed by atoms with Gasteiger partial charge in [0.05, 0.1) is 25.9 Å². The van der Waals surface area contributed by atoms with Crippen LogP contribution in [-0.2, 0) is 16.5 Å². The number of carbonyl (C=O) groups is 1. The summed E-state index contributed by atoms with van der Waals surface area (Å²) in [5.41, 5.74) is 0.561. The Hall–Kier alpha value is -1.56. The van der Waals surface area contributed by atoms with Gasteiger partial charge in [0, 0.05) is 45.5 Å². The molecule has 166 valence electrons. The summed E-state index contributed by atoms with van der Waals surface area (Å²) in [6.45, 7) is 11.5. The molecule has 0 bridgehead atoms. The molecule has 0 saturated carbocycles. The van der Waals surface area contributed by atoms with Crippen molar-refractivity contribution < 1.29 is 14.3 Å². The van der Waals surface area contributed by atoms with Crippen LogP contribution in [0, 0.1) is 0 Å². The number of guanidine groups is 1. The molecule has 1 aromatic rings. The molecule has 0 spiro atoms. The highest BCUT2D eigenvalue weighted by Gasteiger charge is 2.25. The average Bonchev–Trinajstić information content (AvgIpc) is 3.06. The third-order valence-electron chi connectivity index (χ3n) is 4.20. The van der Waals surface area contributed by atoms with Crippen LogP contribution in [0.4, 0.5) is 4.79 Å². The lowest BCUT2D eigenvalue weighted by Gasteiger charge is -2.35. The Kier molecular flexibility index (Phi) is 10.2. The Labute approximate surface area is 190 Å². The topological polar surface area (TPSA) is 84.2 Å². The number of aryl methyl sites for hydroxylation is 1. The molecule has 2 heterocycles. The molecule has 2 rings (SSSR count). The number of aliphatic imine (C=N–C) groups is 1. The summed E-state index contributed by atoms with van der Waals surface area (Å²) >= 11 is 0. The number of hydrogen-bond acceptors (Lipinski definition) is 5. The number of morpholine rings is 1. The summed E-state index contributed by atoms with van der Waals surface area (Å²) in [5.74, 6) is 0.831. The summed E-state index contributed by atoms with van der Waals surface area (Å²) in [7, 11) is 3.63. The molecule has 1 unspecified atom stereocenters. The van der Waals surface area contributed by atoms with Crippen LogP contribution in [0.2, 0.25) is 0 Å². The second kappa shape index (κ2) is 11.6. The highest BCUT2D eigenvalue weighted by molar-refractivity contribution is 14.0. The van der Waals surface area contributed by atoms with E-state index in [1.165, 1.54) is 0 Å². The second-order valence-corrected chi connectivity index (χ2v) is 7.89. The van der Waals surface area contributed by atoms with Crippen LogP contribution in [0.25, 0.3) is 0 Å². The van der Waals surface area contributed by atoms with E-state index in [0.717, 1.165) is 24.6 Å². The fourth-order valence-corrected chi connectivity index (χ4v) is 2.81. The molecular weight excluding hydrogens is 487 g/mol. The number of hydrogen-bond donors (Lipinski definition) is 1. The molecule has 1 atom stereocenters. The van der Waals surface area contributed by atoms with E-state index in [2.05, 4.69) is 15.3 Å². The van der Waals surface area contributed by atoms with Crippen LogP contribution in [-0.4, -0.2) is 83.6 Å². The maximum absolute atomic E-state index is 12.1. The summed E-state index contributed by atoms with van der Waals surface area (Å²) in [5, 5.41) is 7.57. The number of ether oxygens (including phenoxy) is 2. The van der Waals surface area contributed by atoms with E-state index >= 15 is 0 Å². The molecular formula is C19H35IN6O3. The van der Waals surface area contributed by atoms with Crippen molar-refractivity contribution in [1.82, 2.24) is 24.9 Å². The Bertz CT molecular complexity index is 673. The van der Waals surface area contributed by atoms with Crippen molar-refractivity contribution in [2.24, 2.45) is 12.0 Å². The first-order chi connectivity index (χ1) is 13.2. The largest absolute Gasteiger partial charge is 0.444 e. The summed E-state index contributed by atoms with van der Waals surface area (Å²) < 4.78 is 13.1. The van der Waals surface area contributed by atoms with Gasteiger partial charge in [0.1, 0.15) is 11.7 Å². The number of nitrogens with zero attached hydrogens (tertiary/aromatic N) is 5. The fraction of sp³-hybridized carbons (Fsp3) is 0.737. The molecule has 1 aliphatic heterocycles. The van der Waals surface area contributed by atoms with Gasteiger partial charge in [-0.25, -0.2) is 4.79 Å². The van der Waals surface area contributed by atoms with E-state index in [-0.39, 0.29) is 36.2 Å². The van der Waals surface area contributed by atoms with Crippen LogP contribution >= 0.6 is 24.0 Å². The third-order valence-corrected chi connectivity index (χ3v) is 4.20. The molecule has 1 aliphatic rings. The number of carbonyl (C=O) groups excluding carboxylic acids is 1. The molecule has 1 aromatic heterocycles. The molecule has 1 fully saturated rings. The molecule has 9 nitrogen and oxygen atoms in total. The number of amides is 1. The number of nitrogens with one attached hydrogen (secondary N) is 1. The lowest BCUT2D eigenvalue weighted by molar-refractivity contribution is -0.00805. The number of halogens is 1. The Morgan fingerprint density at radius 2 is 2.21 bits per heavy atom. The van der Waals surface area contributed by atoms with E-state index in [4.69, 9.17) is 14.5 Å². The van der Waals surface area contributed by atoms with Gasteiger partial charge in [0.15, 0.2) is 5.96 Å². The maximum Gasteiger partial charge on any atom is 0.410 e. The Morgan fingerprint density at radius 1 is 1.48 bits per heavy atom. The predicted molar refractivity (Wildman–Crippen MR) is 124 cm³/mol. The summed E-state index contributed by atoms with van der Waals surface area (Å²) in [4.78, 5) is 20.5. The van der Waals surface area contributed by atoms with Crippen molar-refractivity contribution in [3.05, 3.63) is 18.0 Å². The zero-order chi connectivity index (χ0) is 20.7. The first kappa shape index (κ1) is 25.5. The van der Waals surface area contributed by atoms with E-state index in [0.29, 0.717) is 26.2 Å². The van der Waals surface area contributed by atoms with Gasteiger partial charge in [-0.15, -0.1) is 24.0 Å². The first-order valence-electron chi connectivity index (χ1n) is 9.77. The van der Waals surface area contributed by atoms with E-state index in [1.807, 2.05) is 47.1 Å². The van der Waals surface area contributed by atoms with Crippen LogP contribution in [0.1, 0.15) is 39.4 Å². The van der Waals surface area contributed by atoms with Crippen LogP contribution < -0.4 is 5.32 Å². The van der Waals surface area contributed by atoms with E-state index < -0.39 is 5.60 Å². The Balaban J connectivity index is 0.00000420. The predicted octanol–water partition coefficient (Wildman–Crippen LogP) is 2.24. The van der Waals surface area contributed by atoms with Crippen molar-refractivity contribution >= 4 is 36.0 Å². The molecule has 1 N–H and O–H groups in total. The zero-order valence-corrected chi connectivity index (χ0v) is 20.7. The molecule has 0 aromatic carbocycles. The molecule has 29 heavy (non-hydrogen) atoms. The SMILES string of the molecule is CCNC(=NCCN(C)C(=O)OC(C)(C)C)N1CCOC(c2cnn(C)c2)C1.I. The maximum atomic E-state index is 12.1. The third kappa shape index (κ3) is 8.37. The molecule has 0 aliphatic carbocycles. The van der Waals surface area contributed by atoms with Gasteiger partial charge in [-0.2, -0.15) is 5.10 Å². The van der Waals surface area contributed by atoms with Gasteiger partial charge >= 0.3 is 6.09 Å². The fourth-order valence-electron chi connectivity index (χ4n) is 2.81. The average molecular weight is 522 g/mol. The van der Waals surface area contributed by atoms with Crippen molar-refractivity contribution in [2.45, 2.75) is 39.4 Å². The zero-order valence-electron chi connectivity index (χ0n) is 18.3.